The summed E-state index contributed by atoms with van der Waals surface area (Å²) in [5.74, 6) is 1.77. The summed E-state index contributed by atoms with van der Waals surface area (Å²) < 4.78 is 16.0. The van der Waals surface area contributed by atoms with Crippen molar-refractivity contribution in [2.45, 2.75) is 25.8 Å². The normalized spacial score (nSPS) is 20.1. The van der Waals surface area contributed by atoms with Crippen molar-refractivity contribution in [1.82, 2.24) is 10.5 Å². The number of rotatable bonds is 6. The molecule has 0 saturated carbocycles. The van der Waals surface area contributed by atoms with Crippen molar-refractivity contribution in [2.24, 2.45) is 5.92 Å². The fourth-order valence-electron chi connectivity index (χ4n) is 2.96. The van der Waals surface area contributed by atoms with Crippen LogP contribution < -0.4 is 10.1 Å². The third-order valence-corrected chi connectivity index (χ3v) is 4.18. The van der Waals surface area contributed by atoms with E-state index in [4.69, 9.17) is 14.0 Å². The lowest BCUT2D eigenvalue weighted by Crippen LogP contribution is -2.41. The second-order valence-corrected chi connectivity index (χ2v) is 6.14. The van der Waals surface area contributed by atoms with E-state index in [9.17, 15) is 4.79 Å². The number of amides is 1. The number of methoxy groups -OCH3 is 1. The van der Waals surface area contributed by atoms with Crippen molar-refractivity contribution in [3.05, 3.63) is 47.3 Å². The van der Waals surface area contributed by atoms with Gasteiger partial charge in [0.1, 0.15) is 11.5 Å². The van der Waals surface area contributed by atoms with Gasteiger partial charge in [0.25, 0.3) is 0 Å². The van der Waals surface area contributed by atoms with Crippen LogP contribution in [0.15, 0.2) is 34.9 Å². The van der Waals surface area contributed by atoms with E-state index in [1.807, 2.05) is 37.3 Å². The van der Waals surface area contributed by atoms with Crippen LogP contribution in [-0.2, 0) is 22.4 Å². The smallest absolute Gasteiger partial charge is 0.224 e. The Kier molecular flexibility index (Phi) is 5.15. The van der Waals surface area contributed by atoms with Crippen LogP contribution in [-0.4, -0.2) is 37.4 Å². The molecule has 128 valence electrons. The topological polar surface area (TPSA) is 73.6 Å². The quantitative estimate of drug-likeness (QED) is 0.876. The van der Waals surface area contributed by atoms with Gasteiger partial charge in [-0.1, -0.05) is 17.3 Å². The third-order valence-electron chi connectivity index (χ3n) is 4.18. The first-order chi connectivity index (χ1) is 11.6. The molecule has 3 rings (SSSR count). The Balaban J connectivity index is 1.56. The molecule has 1 aromatic carbocycles. The van der Waals surface area contributed by atoms with Crippen molar-refractivity contribution in [2.75, 3.05) is 20.3 Å². The summed E-state index contributed by atoms with van der Waals surface area (Å²) in [6.07, 6.45) is 1.03. The van der Waals surface area contributed by atoms with E-state index < -0.39 is 0 Å². The number of carbonyl (C=O) groups is 1. The standard InChI is InChI=1S/C18H22N2O4/c1-12-6-16(24-20-12)9-14-10-23-11-17(14)19-18(21)8-13-4-3-5-15(7-13)22-2/h3-7,14,17H,8-11H2,1-2H3,(H,19,21). The molecule has 1 fully saturated rings. The van der Waals surface area contributed by atoms with Gasteiger partial charge in [0, 0.05) is 18.4 Å². The molecule has 1 aliphatic rings. The minimum atomic E-state index is -0.0162. The molecule has 1 aliphatic heterocycles. The average molecular weight is 330 g/mol. The minimum Gasteiger partial charge on any atom is -0.497 e. The summed E-state index contributed by atoms with van der Waals surface area (Å²) in [5.41, 5.74) is 1.79. The maximum Gasteiger partial charge on any atom is 0.224 e. The maximum absolute atomic E-state index is 12.3. The number of nitrogens with one attached hydrogen (secondary N) is 1. The molecule has 2 aromatic rings. The van der Waals surface area contributed by atoms with Crippen LogP contribution in [0.3, 0.4) is 0 Å². The zero-order chi connectivity index (χ0) is 16.9. The van der Waals surface area contributed by atoms with Gasteiger partial charge in [0.05, 0.1) is 38.5 Å². The van der Waals surface area contributed by atoms with Gasteiger partial charge in [-0.25, -0.2) is 0 Å². The van der Waals surface area contributed by atoms with Gasteiger partial charge in [-0.2, -0.15) is 0 Å². The molecule has 1 aromatic heterocycles. The van der Waals surface area contributed by atoms with E-state index in [0.29, 0.717) is 26.1 Å². The van der Waals surface area contributed by atoms with Crippen LogP contribution in [0.2, 0.25) is 0 Å². The Hall–Kier alpha value is -2.34. The highest BCUT2D eigenvalue weighted by Gasteiger charge is 2.30. The van der Waals surface area contributed by atoms with Gasteiger partial charge in [0.15, 0.2) is 0 Å². The minimum absolute atomic E-state index is 0.00601. The average Bonchev–Trinajstić information content (AvgIpc) is 3.17. The zero-order valence-corrected chi connectivity index (χ0v) is 14.0. The van der Waals surface area contributed by atoms with Crippen molar-refractivity contribution in [1.29, 1.82) is 0 Å². The van der Waals surface area contributed by atoms with Gasteiger partial charge in [-0.3, -0.25) is 4.79 Å². The second kappa shape index (κ2) is 7.49. The molecule has 2 heterocycles. The highest BCUT2D eigenvalue weighted by molar-refractivity contribution is 5.79. The van der Waals surface area contributed by atoms with Crippen molar-refractivity contribution >= 4 is 5.91 Å². The summed E-state index contributed by atoms with van der Waals surface area (Å²) in [6, 6.07) is 9.46. The number of benzene rings is 1. The Labute approximate surface area is 141 Å². The fraction of sp³-hybridized carbons (Fsp3) is 0.444. The predicted molar refractivity (Wildman–Crippen MR) is 87.9 cm³/mol. The summed E-state index contributed by atoms with van der Waals surface area (Å²) in [5, 5.41) is 6.98. The second-order valence-electron chi connectivity index (χ2n) is 6.14. The van der Waals surface area contributed by atoms with Crippen LogP contribution in [0.1, 0.15) is 17.0 Å². The highest BCUT2D eigenvalue weighted by atomic mass is 16.5. The molecule has 6 nitrogen and oxygen atoms in total. The lowest BCUT2D eigenvalue weighted by molar-refractivity contribution is -0.121. The van der Waals surface area contributed by atoms with E-state index >= 15 is 0 Å². The highest BCUT2D eigenvalue weighted by Crippen LogP contribution is 2.20. The Morgan fingerprint density at radius 3 is 3.00 bits per heavy atom. The number of nitrogens with zero attached hydrogens (tertiary/aromatic N) is 1. The first-order valence-electron chi connectivity index (χ1n) is 8.06. The predicted octanol–water partition coefficient (Wildman–Crippen LogP) is 1.91. The van der Waals surface area contributed by atoms with Gasteiger partial charge >= 0.3 is 0 Å². The maximum atomic E-state index is 12.3. The summed E-state index contributed by atoms with van der Waals surface area (Å²) >= 11 is 0. The number of hydrogen-bond donors (Lipinski definition) is 1. The summed E-state index contributed by atoms with van der Waals surface area (Å²) in [7, 11) is 1.62. The number of aromatic nitrogens is 1. The summed E-state index contributed by atoms with van der Waals surface area (Å²) in [6.45, 7) is 3.04. The first-order valence-corrected chi connectivity index (χ1v) is 8.06. The van der Waals surface area contributed by atoms with Gasteiger partial charge < -0.3 is 19.3 Å². The Morgan fingerprint density at radius 2 is 2.25 bits per heavy atom. The molecular formula is C18H22N2O4. The number of aryl methyl sites for hydroxylation is 1. The van der Waals surface area contributed by atoms with Gasteiger partial charge in [0.2, 0.25) is 5.91 Å². The van der Waals surface area contributed by atoms with Crippen LogP contribution in [0.4, 0.5) is 0 Å². The zero-order valence-electron chi connectivity index (χ0n) is 14.0. The largest absolute Gasteiger partial charge is 0.497 e. The molecular weight excluding hydrogens is 308 g/mol. The molecule has 24 heavy (non-hydrogen) atoms. The molecule has 1 saturated heterocycles. The number of ether oxygens (including phenoxy) is 2. The molecule has 1 N–H and O–H groups in total. The van der Waals surface area contributed by atoms with Crippen molar-refractivity contribution in [3.63, 3.8) is 0 Å². The molecule has 1 amide bonds. The monoisotopic (exact) mass is 330 g/mol. The molecule has 0 bridgehead atoms. The fourth-order valence-corrected chi connectivity index (χ4v) is 2.96. The molecule has 0 radical (unpaired) electrons. The van der Waals surface area contributed by atoms with E-state index in [0.717, 1.165) is 22.8 Å². The van der Waals surface area contributed by atoms with E-state index in [2.05, 4.69) is 10.5 Å². The molecule has 2 unspecified atom stereocenters. The number of carbonyl (C=O) groups excluding carboxylic acids is 1. The van der Waals surface area contributed by atoms with Crippen molar-refractivity contribution < 1.29 is 18.8 Å². The van der Waals surface area contributed by atoms with Crippen molar-refractivity contribution in [3.8, 4) is 5.75 Å². The molecule has 0 aliphatic carbocycles. The van der Waals surface area contributed by atoms with Gasteiger partial charge in [-0.15, -0.1) is 0 Å². The number of hydrogen-bond acceptors (Lipinski definition) is 5. The Morgan fingerprint density at radius 1 is 1.38 bits per heavy atom. The van der Waals surface area contributed by atoms with Crippen LogP contribution in [0.25, 0.3) is 0 Å². The molecule has 2 atom stereocenters. The van der Waals surface area contributed by atoms with Gasteiger partial charge in [-0.05, 0) is 24.6 Å². The molecule has 6 heteroatoms. The van der Waals surface area contributed by atoms with E-state index in [-0.39, 0.29) is 17.9 Å². The van der Waals surface area contributed by atoms with Crippen LogP contribution in [0, 0.1) is 12.8 Å². The summed E-state index contributed by atoms with van der Waals surface area (Å²) in [4.78, 5) is 12.3. The SMILES string of the molecule is COc1cccc(CC(=O)NC2COCC2Cc2cc(C)no2)c1. The third kappa shape index (κ3) is 4.14. The lowest BCUT2D eigenvalue weighted by Gasteiger charge is -2.18. The lowest BCUT2D eigenvalue weighted by atomic mass is 9.98. The van der Waals surface area contributed by atoms with Crippen LogP contribution in [0.5, 0.6) is 5.75 Å². The van der Waals surface area contributed by atoms with E-state index in [1.165, 1.54) is 0 Å². The van der Waals surface area contributed by atoms with Crippen LogP contribution >= 0.6 is 0 Å². The first kappa shape index (κ1) is 16.5. The van der Waals surface area contributed by atoms with E-state index in [1.54, 1.807) is 7.11 Å². The molecule has 0 spiro atoms. The Bertz CT molecular complexity index is 698.